The Balaban J connectivity index is 1.43. The van der Waals surface area contributed by atoms with E-state index < -0.39 is 15.9 Å². The Hall–Kier alpha value is -3.16. The number of rotatable bonds is 7. The van der Waals surface area contributed by atoms with Gasteiger partial charge in [0.1, 0.15) is 5.75 Å². The van der Waals surface area contributed by atoms with Gasteiger partial charge in [-0.15, -0.1) is 0 Å². The summed E-state index contributed by atoms with van der Waals surface area (Å²) in [5.41, 5.74) is 1.30. The van der Waals surface area contributed by atoms with Crippen molar-refractivity contribution in [3.05, 3.63) is 90.5 Å². The monoisotopic (exact) mass is 450 g/mol. The highest BCUT2D eigenvalue weighted by Gasteiger charge is 2.32. The maximum Gasteiger partial charge on any atom is 0.228 e. The molecule has 166 valence electrons. The lowest BCUT2D eigenvalue weighted by atomic mass is 9.98. The van der Waals surface area contributed by atoms with Gasteiger partial charge in [-0.3, -0.25) is 4.79 Å². The Morgan fingerprint density at radius 3 is 2.34 bits per heavy atom. The highest BCUT2D eigenvalue weighted by atomic mass is 32.2. The quantitative estimate of drug-likeness (QED) is 0.568. The standard InChI is InChI=1S/C25H26N2O4S/c28-25(26-23-15-7-8-16-24(23)31-22-13-5-2-6-14-22)21-12-9-17-27(18-21)32(29,30)19-20-10-3-1-4-11-20/h1-8,10-11,13-16,21H,9,12,17-19H2,(H,26,28)/t21-/m0/s1. The summed E-state index contributed by atoms with van der Waals surface area (Å²) in [7, 11) is -3.50. The molecule has 1 aliphatic rings. The van der Waals surface area contributed by atoms with Crippen molar-refractivity contribution < 1.29 is 17.9 Å². The summed E-state index contributed by atoms with van der Waals surface area (Å²) in [6, 6.07) is 25.7. The number of anilines is 1. The number of carbonyl (C=O) groups excluding carboxylic acids is 1. The Labute approximate surface area is 188 Å². The third-order valence-electron chi connectivity index (χ3n) is 5.46. The van der Waals surface area contributed by atoms with Crippen LogP contribution in [-0.2, 0) is 20.6 Å². The van der Waals surface area contributed by atoms with Crippen LogP contribution in [0.2, 0.25) is 0 Å². The lowest BCUT2D eigenvalue weighted by Crippen LogP contribution is -2.44. The van der Waals surface area contributed by atoms with E-state index in [1.165, 1.54) is 4.31 Å². The van der Waals surface area contributed by atoms with Crippen molar-refractivity contribution in [2.24, 2.45) is 5.92 Å². The van der Waals surface area contributed by atoms with E-state index in [9.17, 15) is 13.2 Å². The second-order valence-electron chi connectivity index (χ2n) is 7.84. The number of nitrogens with one attached hydrogen (secondary N) is 1. The van der Waals surface area contributed by atoms with Gasteiger partial charge < -0.3 is 10.1 Å². The van der Waals surface area contributed by atoms with E-state index >= 15 is 0 Å². The molecular weight excluding hydrogens is 424 g/mol. The molecule has 3 aromatic carbocycles. The van der Waals surface area contributed by atoms with Crippen LogP contribution in [0, 0.1) is 5.92 Å². The minimum absolute atomic E-state index is 0.0596. The topological polar surface area (TPSA) is 75.7 Å². The molecule has 0 saturated carbocycles. The highest BCUT2D eigenvalue weighted by molar-refractivity contribution is 7.88. The lowest BCUT2D eigenvalue weighted by Gasteiger charge is -2.31. The molecule has 0 aromatic heterocycles. The van der Waals surface area contributed by atoms with Crippen LogP contribution in [0.5, 0.6) is 11.5 Å². The number of nitrogens with zero attached hydrogens (tertiary/aromatic N) is 1. The molecule has 1 aliphatic heterocycles. The number of hydrogen-bond donors (Lipinski definition) is 1. The van der Waals surface area contributed by atoms with Crippen molar-refractivity contribution in [3.63, 3.8) is 0 Å². The maximum absolute atomic E-state index is 13.0. The fraction of sp³-hybridized carbons (Fsp3) is 0.240. The van der Waals surface area contributed by atoms with Crippen LogP contribution in [0.4, 0.5) is 5.69 Å². The number of ether oxygens (including phenoxy) is 1. The van der Waals surface area contributed by atoms with Gasteiger partial charge in [0.25, 0.3) is 0 Å². The molecule has 3 aromatic rings. The fourth-order valence-electron chi connectivity index (χ4n) is 3.79. The number of benzene rings is 3. The van der Waals surface area contributed by atoms with Crippen molar-refractivity contribution in [2.75, 3.05) is 18.4 Å². The smallest absolute Gasteiger partial charge is 0.228 e. The largest absolute Gasteiger partial charge is 0.455 e. The number of hydrogen-bond acceptors (Lipinski definition) is 4. The van der Waals surface area contributed by atoms with Gasteiger partial charge in [0.05, 0.1) is 17.4 Å². The van der Waals surface area contributed by atoms with Crippen molar-refractivity contribution in [3.8, 4) is 11.5 Å². The first-order chi connectivity index (χ1) is 15.5. The van der Waals surface area contributed by atoms with E-state index in [0.29, 0.717) is 36.6 Å². The van der Waals surface area contributed by atoms with Gasteiger partial charge in [-0.05, 0) is 42.7 Å². The summed E-state index contributed by atoms with van der Waals surface area (Å²) in [5.74, 6) is 0.532. The van der Waals surface area contributed by atoms with E-state index in [4.69, 9.17) is 4.74 Å². The molecule has 1 saturated heterocycles. The molecule has 0 aliphatic carbocycles. The van der Waals surface area contributed by atoms with Gasteiger partial charge in [-0.1, -0.05) is 60.7 Å². The van der Waals surface area contributed by atoms with Crippen LogP contribution in [0.25, 0.3) is 0 Å². The third-order valence-corrected chi connectivity index (χ3v) is 7.27. The Kier molecular flexibility index (Phi) is 6.87. The second-order valence-corrected chi connectivity index (χ2v) is 9.81. The van der Waals surface area contributed by atoms with E-state index in [1.807, 2.05) is 60.7 Å². The first-order valence-electron chi connectivity index (χ1n) is 10.7. The van der Waals surface area contributed by atoms with Gasteiger partial charge in [-0.25, -0.2) is 12.7 Å². The van der Waals surface area contributed by atoms with Gasteiger partial charge in [-0.2, -0.15) is 0 Å². The average Bonchev–Trinajstić information content (AvgIpc) is 2.81. The Morgan fingerprint density at radius 1 is 0.938 bits per heavy atom. The first kappa shape index (κ1) is 22.0. The molecular formula is C25H26N2O4S. The Morgan fingerprint density at radius 2 is 1.59 bits per heavy atom. The van der Waals surface area contributed by atoms with E-state index in [1.54, 1.807) is 24.3 Å². The van der Waals surface area contributed by atoms with Gasteiger partial charge in [0.15, 0.2) is 5.75 Å². The number of amides is 1. The molecule has 1 heterocycles. The first-order valence-corrected chi connectivity index (χ1v) is 12.3. The minimum atomic E-state index is -3.50. The van der Waals surface area contributed by atoms with Crippen molar-refractivity contribution in [2.45, 2.75) is 18.6 Å². The second kappa shape index (κ2) is 9.97. The fourth-order valence-corrected chi connectivity index (χ4v) is 5.41. The van der Waals surface area contributed by atoms with Gasteiger partial charge in [0.2, 0.25) is 15.9 Å². The molecule has 1 N–H and O–H groups in total. The summed E-state index contributed by atoms with van der Waals surface area (Å²) < 4.78 is 33.2. The maximum atomic E-state index is 13.0. The predicted molar refractivity (Wildman–Crippen MR) is 125 cm³/mol. The van der Waals surface area contributed by atoms with E-state index in [-0.39, 0.29) is 18.2 Å². The summed E-state index contributed by atoms with van der Waals surface area (Å²) in [5, 5.41) is 2.94. The molecule has 1 fully saturated rings. The van der Waals surface area contributed by atoms with Crippen LogP contribution in [0.15, 0.2) is 84.9 Å². The van der Waals surface area contributed by atoms with E-state index in [2.05, 4.69) is 5.32 Å². The summed E-state index contributed by atoms with van der Waals surface area (Å²) in [6.07, 6.45) is 1.29. The van der Waals surface area contributed by atoms with Crippen LogP contribution in [-0.4, -0.2) is 31.7 Å². The zero-order valence-corrected chi connectivity index (χ0v) is 18.5. The molecule has 1 amide bonds. The predicted octanol–water partition coefficient (Wildman–Crippen LogP) is 4.66. The van der Waals surface area contributed by atoms with Crippen LogP contribution >= 0.6 is 0 Å². The zero-order chi connectivity index (χ0) is 22.4. The minimum Gasteiger partial charge on any atom is -0.455 e. The number of carbonyl (C=O) groups is 1. The molecule has 6 nitrogen and oxygen atoms in total. The summed E-state index contributed by atoms with van der Waals surface area (Å²) >= 11 is 0. The van der Waals surface area contributed by atoms with Gasteiger partial charge >= 0.3 is 0 Å². The number of para-hydroxylation sites is 3. The summed E-state index contributed by atoms with van der Waals surface area (Å²) in [4.78, 5) is 13.0. The normalized spacial score (nSPS) is 16.9. The molecule has 0 unspecified atom stereocenters. The average molecular weight is 451 g/mol. The Bertz CT molecular complexity index is 1150. The molecule has 0 radical (unpaired) electrons. The third kappa shape index (κ3) is 5.55. The molecule has 1 atom stereocenters. The SMILES string of the molecule is O=C(Nc1ccccc1Oc1ccccc1)[C@H]1CCCN(S(=O)(=O)Cc2ccccc2)C1. The lowest BCUT2D eigenvalue weighted by molar-refractivity contribution is -0.120. The zero-order valence-electron chi connectivity index (χ0n) is 17.7. The summed E-state index contributed by atoms with van der Waals surface area (Å²) in [6.45, 7) is 0.620. The molecule has 4 rings (SSSR count). The van der Waals surface area contributed by atoms with Crippen molar-refractivity contribution in [1.82, 2.24) is 4.31 Å². The van der Waals surface area contributed by atoms with Crippen molar-refractivity contribution >= 4 is 21.6 Å². The van der Waals surface area contributed by atoms with Crippen LogP contribution in [0.3, 0.4) is 0 Å². The molecule has 0 spiro atoms. The van der Waals surface area contributed by atoms with E-state index in [0.717, 1.165) is 5.56 Å². The van der Waals surface area contributed by atoms with Gasteiger partial charge in [0, 0.05) is 13.1 Å². The molecule has 0 bridgehead atoms. The number of sulfonamides is 1. The highest BCUT2D eigenvalue weighted by Crippen LogP contribution is 2.30. The molecule has 7 heteroatoms. The van der Waals surface area contributed by atoms with Crippen LogP contribution < -0.4 is 10.1 Å². The van der Waals surface area contributed by atoms with Crippen molar-refractivity contribution in [1.29, 1.82) is 0 Å². The number of piperidine rings is 1. The molecule has 32 heavy (non-hydrogen) atoms. The van der Waals surface area contributed by atoms with Crippen LogP contribution in [0.1, 0.15) is 18.4 Å².